The number of anilines is 1. The van der Waals surface area contributed by atoms with Crippen LogP contribution in [0.15, 0.2) is 36.5 Å². The molecule has 0 unspecified atom stereocenters. The fraction of sp³-hybridized carbons (Fsp3) is 0.188. The van der Waals surface area contributed by atoms with Gasteiger partial charge in [-0.3, -0.25) is 4.79 Å². The highest BCUT2D eigenvalue weighted by Crippen LogP contribution is 2.16. The molecule has 0 aliphatic rings. The Kier molecular flexibility index (Phi) is 5.14. The smallest absolute Gasteiger partial charge is 0.337 e. The SMILES string of the molecule is COC(=O)c1ccc(CNC(=O)c2cc(OC)ncc2N)cc1. The summed E-state index contributed by atoms with van der Waals surface area (Å²) in [6.45, 7) is 0.296. The number of hydrogen-bond donors (Lipinski definition) is 2. The van der Waals surface area contributed by atoms with Crippen molar-refractivity contribution in [2.45, 2.75) is 6.54 Å². The normalized spacial score (nSPS) is 10.0. The van der Waals surface area contributed by atoms with E-state index in [1.54, 1.807) is 24.3 Å². The molecule has 0 radical (unpaired) electrons. The van der Waals surface area contributed by atoms with E-state index in [-0.39, 0.29) is 11.6 Å². The van der Waals surface area contributed by atoms with Crippen LogP contribution in [0.2, 0.25) is 0 Å². The predicted molar refractivity (Wildman–Crippen MR) is 84.2 cm³/mol. The lowest BCUT2D eigenvalue weighted by Gasteiger charge is -2.09. The maximum atomic E-state index is 12.2. The average Bonchev–Trinajstić information content (AvgIpc) is 2.59. The minimum atomic E-state index is -0.405. The zero-order valence-corrected chi connectivity index (χ0v) is 12.8. The molecule has 0 saturated carbocycles. The lowest BCUT2D eigenvalue weighted by Crippen LogP contribution is -2.24. The van der Waals surface area contributed by atoms with Crippen LogP contribution in [-0.4, -0.2) is 31.1 Å². The third-order valence-electron chi connectivity index (χ3n) is 3.19. The second-order valence-corrected chi connectivity index (χ2v) is 4.69. The van der Waals surface area contributed by atoms with Crippen LogP contribution in [-0.2, 0) is 11.3 Å². The first kappa shape index (κ1) is 16.3. The summed E-state index contributed by atoms with van der Waals surface area (Å²) in [4.78, 5) is 27.5. The second-order valence-electron chi connectivity index (χ2n) is 4.69. The first-order valence-electron chi connectivity index (χ1n) is 6.80. The van der Waals surface area contributed by atoms with E-state index < -0.39 is 5.97 Å². The number of nitrogens with two attached hydrogens (primary N) is 1. The molecule has 0 saturated heterocycles. The van der Waals surface area contributed by atoms with Crippen molar-refractivity contribution in [2.75, 3.05) is 20.0 Å². The van der Waals surface area contributed by atoms with E-state index >= 15 is 0 Å². The maximum Gasteiger partial charge on any atom is 0.337 e. The average molecular weight is 315 g/mol. The Bertz CT molecular complexity index is 714. The largest absolute Gasteiger partial charge is 0.481 e. The van der Waals surface area contributed by atoms with E-state index in [1.165, 1.54) is 26.5 Å². The molecule has 3 N–H and O–H groups in total. The molecule has 0 bridgehead atoms. The molecule has 0 atom stereocenters. The van der Waals surface area contributed by atoms with Crippen molar-refractivity contribution in [3.8, 4) is 5.88 Å². The van der Waals surface area contributed by atoms with Gasteiger partial charge in [-0.15, -0.1) is 0 Å². The molecule has 7 nitrogen and oxygen atoms in total. The number of nitrogens with one attached hydrogen (secondary N) is 1. The molecule has 0 aliphatic carbocycles. The molecule has 1 amide bonds. The van der Waals surface area contributed by atoms with Gasteiger partial charge in [0.05, 0.1) is 37.2 Å². The Morgan fingerprint density at radius 2 is 1.91 bits per heavy atom. The molecule has 23 heavy (non-hydrogen) atoms. The summed E-state index contributed by atoms with van der Waals surface area (Å²) >= 11 is 0. The number of carbonyl (C=O) groups is 2. The summed E-state index contributed by atoms with van der Waals surface area (Å²) in [7, 11) is 2.78. The number of aromatic nitrogens is 1. The molecule has 1 heterocycles. The summed E-state index contributed by atoms with van der Waals surface area (Å²) < 4.78 is 9.61. The Balaban J connectivity index is 2.03. The third-order valence-corrected chi connectivity index (χ3v) is 3.19. The fourth-order valence-corrected chi connectivity index (χ4v) is 1.91. The summed E-state index contributed by atoms with van der Waals surface area (Å²) in [5, 5.41) is 2.75. The molecule has 0 aliphatic heterocycles. The number of ether oxygens (including phenoxy) is 2. The second kappa shape index (κ2) is 7.26. The highest BCUT2D eigenvalue weighted by atomic mass is 16.5. The van der Waals surface area contributed by atoms with Crippen LogP contribution in [0.5, 0.6) is 5.88 Å². The van der Waals surface area contributed by atoms with Gasteiger partial charge in [0.25, 0.3) is 5.91 Å². The summed E-state index contributed by atoms with van der Waals surface area (Å²) in [6, 6.07) is 8.23. The molecule has 0 spiro atoms. The minimum absolute atomic E-state index is 0.268. The molecule has 0 fully saturated rings. The standard InChI is InChI=1S/C16H17N3O4/c1-22-14-7-12(13(17)9-18-14)15(20)19-8-10-3-5-11(6-4-10)16(21)23-2/h3-7,9H,8,17H2,1-2H3,(H,19,20). The quantitative estimate of drug-likeness (QED) is 0.808. The first-order chi connectivity index (χ1) is 11.0. The van der Waals surface area contributed by atoms with Crippen LogP contribution in [0.25, 0.3) is 0 Å². The van der Waals surface area contributed by atoms with E-state index in [9.17, 15) is 9.59 Å². The fourth-order valence-electron chi connectivity index (χ4n) is 1.91. The molecule has 1 aromatic heterocycles. The van der Waals surface area contributed by atoms with E-state index in [4.69, 9.17) is 10.5 Å². The van der Waals surface area contributed by atoms with Crippen molar-refractivity contribution in [1.29, 1.82) is 0 Å². The van der Waals surface area contributed by atoms with Gasteiger partial charge in [-0.05, 0) is 17.7 Å². The monoisotopic (exact) mass is 315 g/mol. The van der Waals surface area contributed by atoms with Crippen molar-refractivity contribution in [1.82, 2.24) is 10.3 Å². The molecule has 2 rings (SSSR count). The van der Waals surface area contributed by atoms with Crippen molar-refractivity contribution in [3.63, 3.8) is 0 Å². The van der Waals surface area contributed by atoms with Crippen LogP contribution >= 0.6 is 0 Å². The minimum Gasteiger partial charge on any atom is -0.481 e. The van der Waals surface area contributed by atoms with Crippen molar-refractivity contribution >= 4 is 17.6 Å². The van der Waals surface area contributed by atoms with Gasteiger partial charge in [0.2, 0.25) is 5.88 Å². The summed E-state index contributed by atoms with van der Waals surface area (Å²) in [5.41, 5.74) is 7.60. The number of amides is 1. The molecular weight excluding hydrogens is 298 g/mol. The zero-order valence-electron chi connectivity index (χ0n) is 12.8. The van der Waals surface area contributed by atoms with Gasteiger partial charge < -0.3 is 20.5 Å². The number of pyridine rings is 1. The number of carbonyl (C=O) groups excluding carboxylic acids is 2. The topological polar surface area (TPSA) is 104 Å². The van der Waals surface area contributed by atoms with Crippen LogP contribution in [0.1, 0.15) is 26.3 Å². The van der Waals surface area contributed by atoms with Crippen molar-refractivity contribution < 1.29 is 19.1 Å². The number of benzene rings is 1. The number of nitrogen functional groups attached to an aromatic ring is 1. The van der Waals surface area contributed by atoms with Gasteiger partial charge in [0.1, 0.15) is 0 Å². The molecule has 2 aromatic rings. The third kappa shape index (κ3) is 3.97. The maximum absolute atomic E-state index is 12.2. The lowest BCUT2D eigenvalue weighted by molar-refractivity contribution is 0.0600. The van der Waals surface area contributed by atoms with Crippen molar-refractivity contribution in [3.05, 3.63) is 53.2 Å². The number of esters is 1. The molecule has 7 heteroatoms. The van der Waals surface area contributed by atoms with E-state index in [0.717, 1.165) is 5.56 Å². The molecule has 120 valence electrons. The van der Waals surface area contributed by atoms with Crippen LogP contribution in [0.4, 0.5) is 5.69 Å². The van der Waals surface area contributed by atoms with E-state index in [1.807, 2.05) is 0 Å². The molecule has 1 aromatic carbocycles. The highest BCUT2D eigenvalue weighted by Gasteiger charge is 2.12. The Hall–Kier alpha value is -3.09. The van der Waals surface area contributed by atoms with Crippen LogP contribution in [0, 0.1) is 0 Å². The number of hydrogen-bond acceptors (Lipinski definition) is 6. The summed E-state index contributed by atoms with van der Waals surface area (Å²) in [6.07, 6.45) is 1.37. The Labute approximate surface area is 133 Å². The van der Waals surface area contributed by atoms with Gasteiger partial charge >= 0.3 is 5.97 Å². The Morgan fingerprint density at radius 3 is 2.52 bits per heavy atom. The first-order valence-corrected chi connectivity index (χ1v) is 6.80. The van der Waals surface area contributed by atoms with Crippen molar-refractivity contribution in [2.24, 2.45) is 0 Å². The number of rotatable bonds is 5. The number of nitrogens with zero attached hydrogens (tertiary/aromatic N) is 1. The van der Waals surface area contributed by atoms with Gasteiger partial charge in [-0.1, -0.05) is 12.1 Å². The van der Waals surface area contributed by atoms with Crippen LogP contribution < -0.4 is 15.8 Å². The van der Waals surface area contributed by atoms with Gasteiger partial charge in [0.15, 0.2) is 0 Å². The van der Waals surface area contributed by atoms with E-state index in [2.05, 4.69) is 15.0 Å². The van der Waals surface area contributed by atoms with Gasteiger partial charge in [0, 0.05) is 12.6 Å². The summed E-state index contributed by atoms with van der Waals surface area (Å²) in [5.74, 6) is -0.427. The van der Waals surface area contributed by atoms with E-state index in [0.29, 0.717) is 23.6 Å². The van der Waals surface area contributed by atoms with Crippen LogP contribution in [0.3, 0.4) is 0 Å². The zero-order chi connectivity index (χ0) is 16.8. The molecular formula is C16H17N3O4. The predicted octanol–water partition coefficient (Wildman–Crippen LogP) is 1.39. The number of methoxy groups -OCH3 is 2. The van der Waals surface area contributed by atoms with Gasteiger partial charge in [-0.25, -0.2) is 9.78 Å². The van der Waals surface area contributed by atoms with Gasteiger partial charge in [-0.2, -0.15) is 0 Å². The highest BCUT2D eigenvalue weighted by molar-refractivity contribution is 5.99. The lowest BCUT2D eigenvalue weighted by atomic mass is 10.1. The Morgan fingerprint density at radius 1 is 1.22 bits per heavy atom.